The molecule has 1 rings (SSSR count). The maximum atomic E-state index is 11.6. The third-order valence-electron chi connectivity index (χ3n) is 2.35. The molecule has 2 atom stereocenters. The highest BCUT2D eigenvalue weighted by atomic mass is 16.4. The van der Waals surface area contributed by atoms with Gasteiger partial charge in [-0.15, -0.1) is 0 Å². The van der Waals surface area contributed by atoms with Crippen molar-refractivity contribution >= 4 is 17.8 Å². The van der Waals surface area contributed by atoms with Gasteiger partial charge in [-0.25, -0.2) is 4.79 Å². The van der Waals surface area contributed by atoms with Gasteiger partial charge >= 0.3 is 5.97 Å². The summed E-state index contributed by atoms with van der Waals surface area (Å²) in [5.41, 5.74) is 0. The monoisotopic (exact) mass is 229 g/mol. The van der Waals surface area contributed by atoms with Crippen LogP contribution >= 0.6 is 0 Å². The molecule has 7 nitrogen and oxygen atoms in total. The Bertz CT molecular complexity index is 295. The number of carboxylic acids is 1. The minimum absolute atomic E-state index is 0.0714. The second-order valence-electron chi connectivity index (χ2n) is 3.55. The van der Waals surface area contributed by atoms with Gasteiger partial charge in [-0.2, -0.15) is 0 Å². The van der Waals surface area contributed by atoms with E-state index >= 15 is 0 Å². The summed E-state index contributed by atoms with van der Waals surface area (Å²) in [4.78, 5) is 33.1. The lowest BCUT2D eigenvalue weighted by molar-refractivity contribution is -0.142. The van der Waals surface area contributed by atoms with Crippen LogP contribution in [0.3, 0.4) is 0 Å². The van der Waals surface area contributed by atoms with Crippen LogP contribution in [0.15, 0.2) is 0 Å². The Balaban J connectivity index is 2.45. The van der Waals surface area contributed by atoms with Crippen molar-refractivity contribution in [1.82, 2.24) is 16.0 Å². The Morgan fingerprint density at radius 3 is 2.75 bits per heavy atom. The van der Waals surface area contributed by atoms with Crippen LogP contribution in [0.25, 0.3) is 0 Å². The van der Waals surface area contributed by atoms with Crippen LogP contribution in [0, 0.1) is 0 Å². The fourth-order valence-electron chi connectivity index (χ4n) is 1.36. The lowest BCUT2D eigenvalue weighted by atomic mass is 10.1. The first kappa shape index (κ1) is 12.4. The van der Waals surface area contributed by atoms with E-state index in [0.717, 1.165) is 0 Å². The van der Waals surface area contributed by atoms with Crippen molar-refractivity contribution in [2.24, 2.45) is 0 Å². The summed E-state index contributed by atoms with van der Waals surface area (Å²) in [7, 11) is 0. The standard InChI is InChI=1S/C9H15N3O4/c1-2-5(9(15)16)12-8(14)6-3-11-7(13)4-10-6/h5-6,10H,2-4H2,1H3,(H,11,13)(H,12,14)(H,15,16). The molecule has 0 spiro atoms. The van der Waals surface area contributed by atoms with Crippen molar-refractivity contribution in [3.63, 3.8) is 0 Å². The van der Waals surface area contributed by atoms with Crippen LogP contribution in [-0.2, 0) is 14.4 Å². The summed E-state index contributed by atoms with van der Waals surface area (Å²) in [6.07, 6.45) is 0.320. The number of rotatable bonds is 4. The molecule has 0 bridgehead atoms. The quantitative estimate of drug-likeness (QED) is 0.448. The van der Waals surface area contributed by atoms with Gasteiger partial charge in [0.1, 0.15) is 12.1 Å². The predicted octanol–water partition coefficient (Wildman–Crippen LogP) is -1.95. The van der Waals surface area contributed by atoms with Gasteiger partial charge in [0.2, 0.25) is 11.8 Å². The number of piperazine rings is 1. The molecular formula is C9H15N3O4. The van der Waals surface area contributed by atoms with Gasteiger partial charge in [0, 0.05) is 6.54 Å². The minimum atomic E-state index is -1.06. The topological polar surface area (TPSA) is 108 Å². The van der Waals surface area contributed by atoms with E-state index in [-0.39, 0.29) is 19.0 Å². The molecular weight excluding hydrogens is 214 g/mol. The Kier molecular flexibility index (Phi) is 4.24. The van der Waals surface area contributed by atoms with Crippen LogP contribution in [-0.4, -0.2) is 48.1 Å². The van der Waals surface area contributed by atoms with E-state index in [0.29, 0.717) is 6.42 Å². The molecule has 7 heteroatoms. The van der Waals surface area contributed by atoms with E-state index in [9.17, 15) is 14.4 Å². The van der Waals surface area contributed by atoms with Crippen molar-refractivity contribution in [3.05, 3.63) is 0 Å². The molecule has 0 aliphatic carbocycles. The largest absolute Gasteiger partial charge is 0.480 e. The number of nitrogens with one attached hydrogen (secondary N) is 3. The molecule has 0 aromatic heterocycles. The van der Waals surface area contributed by atoms with Gasteiger partial charge < -0.3 is 15.7 Å². The molecule has 0 aromatic carbocycles. The van der Waals surface area contributed by atoms with Crippen LogP contribution in [0.1, 0.15) is 13.3 Å². The average molecular weight is 229 g/mol. The maximum absolute atomic E-state index is 11.6. The van der Waals surface area contributed by atoms with Gasteiger partial charge in [-0.05, 0) is 6.42 Å². The van der Waals surface area contributed by atoms with Gasteiger partial charge in [0.05, 0.1) is 6.54 Å². The molecule has 16 heavy (non-hydrogen) atoms. The summed E-state index contributed by atoms with van der Waals surface area (Å²) in [6.45, 7) is 1.93. The van der Waals surface area contributed by atoms with Crippen molar-refractivity contribution < 1.29 is 19.5 Å². The smallest absolute Gasteiger partial charge is 0.326 e. The highest BCUT2D eigenvalue weighted by molar-refractivity contribution is 5.89. The minimum Gasteiger partial charge on any atom is -0.480 e. The summed E-state index contributed by atoms with van der Waals surface area (Å²) in [6, 6.07) is -1.45. The van der Waals surface area contributed by atoms with Gasteiger partial charge in [-0.1, -0.05) is 6.92 Å². The number of carboxylic acid groups (broad SMARTS) is 1. The molecule has 1 fully saturated rings. The third-order valence-corrected chi connectivity index (χ3v) is 2.35. The number of carbonyl (C=O) groups is 3. The first-order chi connectivity index (χ1) is 7.54. The van der Waals surface area contributed by atoms with Crippen LogP contribution in [0.2, 0.25) is 0 Å². The Labute approximate surface area is 92.6 Å². The van der Waals surface area contributed by atoms with E-state index in [1.807, 2.05) is 0 Å². The van der Waals surface area contributed by atoms with Crippen molar-refractivity contribution in [2.75, 3.05) is 13.1 Å². The second-order valence-corrected chi connectivity index (χ2v) is 3.55. The number of hydrogen-bond acceptors (Lipinski definition) is 4. The summed E-state index contributed by atoms with van der Waals surface area (Å²) < 4.78 is 0. The van der Waals surface area contributed by atoms with Gasteiger partial charge in [0.25, 0.3) is 0 Å². The second kappa shape index (κ2) is 5.45. The normalized spacial score (nSPS) is 22.1. The molecule has 0 saturated carbocycles. The summed E-state index contributed by atoms with van der Waals surface area (Å²) in [5.74, 6) is -1.64. The van der Waals surface area contributed by atoms with E-state index in [1.165, 1.54) is 0 Å². The number of aliphatic carboxylic acids is 1. The molecule has 90 valence electrons. The molecule has 2 amide bonds. The van der Waals surface area contributed by atoms with E-state index in [2.05, 4.69) is 16.0 Å². The molecule has 1 saturated heterocycles. The Morgan fingerprint density at radius 2 is 2.31 bits per heavy atom. The zero-order valence-corrected chi connectivity index (χ0v) is 8.95. The lowest BCUT2D eigenvalue weighted by Gasteiger charge is -2.24. The maximum Gasteiger partial charge on any atom is 0.326 e. The zero-order chi connectivity index (χ0) is 12.1. The van der Waals surface area contributed by atoms with Crippen molar-refractivity contribution in [3.8, 4) is 0 Å². The van der Waals surface area contributed by atoms with Gasteiger partial charge in [0.15, 0.2) is 0 Å². The predicted molar refractivity (Wildman–Crippen MR) is 54.7 cm³/mol. The fraction of sp³-hybridized carbons (Fsp3) is 0.667. The lowest BCUT2D eigenvalue weighted by Crippen LogP contribution is -2.59. The summed E-state index contributed by atoms with van der Waals surface area (Å²) in [5, 5.41) is 16.4. The highest BCUT2D eigenvalue weighted by Gasteiger charge is 2.26. The molecule has 4 N–H and O–H groups in total. The molecule has 2 unspecified atom stereocenters. The Morgan fingerprint density at radius 1 is 1.62 bits per heavy atom. The van der Waals surface area contributed by atoms with Crippen LogP contribution in [0.4, 0.5) is 0 Å². The van der Waals surface area contributed by atoms with Crippen LogP contribution in [0.5, 0.6) is 0 Å². The number of carbonyl (C=O) groups excluding carboxylic acids is 2. The zero-order valence-electron chi connectivity index (χ0n) is 8.95. The SMILES string of the molecule is CCC(NC(=O)C1CNC(=O)CN1)C(=O)O. The summed E-state index contributed by atoms with van der Waals surface area (Å²) >= 11 is 0. The first-order valence-electron chi connectivity index (χ1n) is 5.07. The van der Waals surface area contributed by atoms with Crippen LogP contribution < -0.4 is 16.0 Å². The molecule has 0 aromatic rings. The third kappa shape index (κ3) is 3.20. The van der Waals surface area contributed by atoms with E-state index in [4.69, 9.17) is 5.11 Å². The highest BCUT2D eigenvalue weighted by Crippen LogP contribution is 1.94. The van der Waals surface area contributed by atoms with Gasteiger partial charge in [-0.3, -0.25) is 14.9 Å². The number of amides is 2. The molecule has 1 heterocycles. The first-order valence-corrected chi connectivity index (χ1v) is 5.07. The van der Waals surface area contributed by atoms with E-state index in [1.54, 1.807) is 6.92 Å². The fourth-order valence-corrected chi connectivity index (χ4v) is 1.36. The van der Waals surface area contributed by atoms with Crippen molar-refractivity contribution in [2.45, 2.75) is 25.4 Å². The number of hydrogen-bond donors (Lipinski definition) is 4. The molecule has 0 radical (unpaired) electrons. The molecule has 1 aliphatic rings. The molecule has 1 aliphatic heterocycles. The average Bonchev–Trinajstić information content (AvgIpc) is 2.26. The van der Waals surface area contributed by atoms with Crippen molar-refractivity contribution in [1.29, 1.82) is 0 Å². The van der Waals surface area contributed by atoms with E-state index < -0.39 is 24.0 Å². The Hall–Kier alpha value is -1.63.